The summed E-state index contributed by atoms with van der Waals surface area (Å²) in [7, 11) is 4.13. The Bertz CT molecular complexity index is 553. The third-order valence-electron chi connectivity index (χ3n) is 3.61. The molecular formula is C15H21N3OS. The van der Waals surface area contributed by atoms with E-state index in [9.17, 15) is 4.79 Å². The molecule has 0 aromatic carbocycles. The first-order valence-electron chi connectivity index (χ1n) is 6.78. The van der Waals surface area contributed by atoms with E-state index in [1.165, 1.54) is 11.3 Å². The van der Waals surface area contributed by atoms with E-state index in [0.717, 1.165) is 34.8 Å². The van der Waals surface area contributed by atoms with Gasteiger partial charge in [0.05, 0.1) is 16.3 Å². The number of nitrogens with two attached hydrogens (primary N) is 1. The van der Waals surface area contributed by atoms with Crippen molar-refractivity contribution in [2.24, 2.45) is 5.73 Å². The Kier molecular flexibility index (Phi) is 4.81. The number of hydrogen-bond acceptors (Lipinski definition) is 4. The monoisotopic (exact) mass is 291 g/mol. The molecule has 1 aliphatic rings. The number of likely N-dealkylation sites (N-methyl/N-ethyl adjacent to an activating group) is 1. The maximum Gasteiger partial charge on any atom is 0.264 e. The van der Waals surface area contributed by atoms with E-state index >= 15 is 0 Å². The number of likely N-dealkylation sites (tertiary alicyclic amines) is 1. The Hall–Kier alpha value is -1.35. The zero-order valence-electron chi connectivity index (χ0n) is 12.3. The van der Waals surface area contributed by atoms with Gasteiger partial charge in [-0.1, -0.05) is 11.8 Å². The van der Waals surface area contributed by atoms with Crippen LogP contribution in [0.4, 0.5) is 0 Å². The molecule has 20 heavy (non-hydrogen) atoms. The molecule has 1 aliphatic heterocycles. The van der Waals surface area contributed by atoms with Gasteiger partial charge in [-0.3, -0.25) is 4.79 Å². The van der Waals surface area contributed by atoms with E-state index in [-0.39, 0.29) is 5.91 Å². The van der Waals surface area contributed by atoms with E-state index in [2.05, 4.69) is 30.8 Å². The third-order valence-corrected chi connectivity index (χ3v) is 4.75. The van der Waals surface area contributed by atoms with Crippen molar-refractivity contribution in [1.82, 2.24) is 9.80 Å². The van der Waals surface area contributed by atoms with Crippen LogP contribution in [0.25, 0.3) is 0 Å². The summed E-state index contributed by atoms with van der Waals surface area (Å²) in [4.78, 5) is 18.4. The normalized spacial score (nSPS) is 18.2. The summed E-state index contributed by atoms with van der Waals surface area (Å²) in [5, 5.41) is 0. The van der Waals surface area contributed by atoms with Crippen LogP contribution in [0.5, 0.6) is 0 Å². The van der Waals surface area contributed by atoms with Gasteiger partial charge in [0.25, 0.3) is 5.91 Å². The molecule has 2 heterocycles. The van der Waals surface area contributed by atoms with Crippen LogP contribution in [0.2, 0.25) is 0 Å². The maximum absolute atomic E-state index is 12.5. The quantitative estimate of drug-likeness (QED) is 0.832. The lowest BCUT2D eigenvalue weighted by Gasteiger charge is -2.19. The van der Waals surface area contributed by atoms with Crippen molar-refractivity contribution >= 4 is 17.2 Å². The van der Waals surface area contributed by atoms with Crippen LogP contribution < -0.4 is 5.73 Å². The summed E-state index contributed by atoms with van der Waals surface area (Å²) in [6.45, 7) is 3.98. The van der Waals surface area contributed by atoms with Gasteiger partial charge in [0, 0.05) is 19.1 Å². The maximum atomic E-state index is 12.5. The van der Waals surface area contributed by atoms with Crippen LogP contribution in [0, 0.1) is 18.8 Å². The molecule has 1 fully saturated rings. The number of thiophene rings is 1. The number of nitrogens with zero attached hydrogens (tertiary/aromatic N) is 2. The second kappa shape index (κ2) is 6.40. The minimum Gasteiger partial charge on any atom is -0.336 e. The van der Waals surface area contributed by atoms with Crippen LogP contribution in [0.15, 0.2) is 6.07 Å². The van der Waals surface area contributed by atoms with Crippen LogP contribution in [0.1, 0.15) is 26.5 Å². The Morgan fingerprint density at radius 3 is 2.95 bits per heavy atom. The van der Waals surface area contributed by atoms with Crippen molar-refractivity contribution in [3.63, 3.8) is 0 Å². The Morgan fingerprint density at radius 1 is 1.60 bits per heavy atom. The molecule has 1 atom stereocenters. The average Bonchev–Trinajstić information content (AvgIpc) is 3.02. The van der Waals surface area contributed by atoms with E-state index in [1.54, 1.807) is 0 Å². The summed E-state index contributed by atoms with van der Waals surface area (Å²) < 4.78 is 0. The zero-order valence-corrected chi connectivity index (χ0v) is 13.1. The van der Waals surface area contributed by atoms with E-state index in [1.807, 2.05) is 17.9 Å². The van der Waals surface area contributed by atoms with Crippen LogP contribution in [0.3, 0.4) is 0 Å². The van der Waals surface area contributed by atoms with Gasteiger partial charge in [-0.05, 0) is 39.1 Å². The van der Waals surface area contributed by atoms with Crippen molar-refractivity contribution in [3.8, 4) is 11.8 Å². The highest BCUT2D eigenvalue weighted by Crippen LogP contribution is 2.24. The van der Waals surface area contributed by atoms with Crippen molar-refractivity contribution in [3.05, 3.63) is 21.4 Å². The van der Waals surface area contributed by atoms with Gasteiger partial charge in [-0.15, -0.1) is 11.3 Å². The van der Waals surface area contributed by atoms with E-state index in [4.69, 9.17) is 5.73 Å². The fraction of sp³-hybridized carbons (Fsp3) is 0.533. The molecule has 5 heteroatoms. The van der Waals surface area contributed by atoms with E-state index in [0.29, 0.717) is 12.6 Å². The van der Waals surface area contributed by atoms with Gasteiger partial charge in [0.15, 0.2) is 0 Å². The van der Waals surface area contributed by atoms with Gasteiger partial charge in [-0.25, -0.2) is 0 Å². The summed E-state index contributed by atoms with van der Waals surface area (Å²) in [5.74, 6) is 6.00. The molecule has 2 N–H and O–H groups in total. The highest BCUT2D eigenvalue weighted by molar-refractivity contribution is 7.14. The fourth-order valence-electron chi connectivity index (χ4n) is 2.35. The zero-order chi connectivity index (χ0) is 14.7. The Morgan fingerprint density at radius 2 is 2.35 bits per heavy atom. The van der Waals surface area contributed by atoms with Gasteiger partial charge < -0.3 is 15.5 Å². The van der Waals surface area contributed by atoms with Gasteiger partial charge in [0.2, 0.25) is 0 Å². The topological polar surface area (TPSA) is 49.6 Å². The molecule has 0 bridgehead atoms. The molecule has 2 rings (SSSR count). The highest BCUT2D eigenvalue weighted by atomic mass is 32.1. The Labute approximate surface area is 124 Å². The predicted molar refractivity (Wildman–Crippen MR) is 83.0 cm³/mol. The molecule has 0 radical (unpaired) electrons. The number of carbonyl (C=O) groups is 1. The lowest BCUT2D eigenvalue weighted by molar-refractivity contribution is 0.0788. The smallest absolute Gasteiger partial charge is 0.264 e. The lowest BCUT2D eigenvalue weighted by atomic mass is 10.2. The average molecular weight is 291 g/mol. The first-order chi connectivity index (χ1) is 9.52. The summed E-state index contributed by atoms with van der Waals surface area (Å²) in [6, 6.07) is 2.41. The lowest BCUT2D eigenvalue weighted by Crippen LogP contribution is -2.34. The van der Waals surface area contributed by atoms with Crippen molar-refractivity contribution in [2.45, 2.75) is 19.4 Å². The second-order valence-electron chi connectivity index (χ2n) is 5.29. The van der Waals surface area contributed by atoms with Crippen molar-refractivity contribution < 1.29 is 4.79 Å². The number of amides is 1. The van der Waals surface area contributed by atoms with Crippen LogP contribution in [-0.2, 0) is 0 Å². The molecule has 1 aromatic heterocycles. The predicted octanol–water partition coefficient (Wildman–Crippen LogP) is 1.14. The van der Waals surface area contributed by atoms with Crippen molar-refractivity contribution in [1.29, 1.82) is 0 Å². The number of carbonyl (C=O) groups excluding carboxylic acids is 1. The standard InChI is InChI=1S/C15H21N3OS/c1-11-9-14(20-13(11)5-4-7-16)15(19)18-8-6-12(10-18)17(2)3/h9,12H,6-8,10,16H2,1-3H3. The molecule has 1 amide bonds. The molecule has 1 aromatic rings. The first kappa shape index (κ1) is 15.0. The van der Waals surface area contributed by atoms with E-state index < -0.39 is 0 Å². The molecular weight excluding hydrogens is 270 g/mol. The largest absolute Gasteiger partial charge is 0.336 e. The minimum atomic E-state index is 0.128. The molecule has 1 saturated heterocycles. The summed E-state index contributed by atoms with van der Waals surface area (Å²) >= 11 is 1.47. The molecule has 1 unspecified atom stereocenters. The number of rotatable bonds is 2. The first-order valence-corrected chi connectivity index (χ1v) is 7.59. The molecule has 108 valence electrons. The molecule has 0 aliphatic carbocycles. The SMILES string of the molecule is Cc1cc(C(=O)N2CCC(N(C)C)C2)sc1C#CCN. The third kappa shape index (κ3) is 3.21. The van der Waals surface area contributed by atoms with Gasteiger partial charge in [-0.2, -0.15) is 0 Å². The summed E-state index contributed by atoms with van der Waals surface area (Å²) in [5.41, 5.74) is 6.45. The fourth-order valence-corrected chi connectivity index (χ4v) is 3.36. The molecule has 4 nitrogen and oxygen atoms in total. The van der Waals surface area contributed by atoms with Crippen LogP contribution >= 0.6 is 11.3 Å². The second-order valence-corrected chi connectivity index (χ2v) is 6.34. The number of aryl methyl sites for hydroxylation is 1. The van der Waals surface area contributed by atoms with Gasteiger partial charge >= 0.3 is 0 Å². The Balaban J connectivity index is 2.10. The molecule has 0 saturated carbocycles. The van der Waals surface area contributed by atoms with Crippen LogP contribution in [-0.4, -0.2) is 55.5 Å². The minimum absolute atomic E-state index is 0.128. The molecule has 0 spiro atoms. The summed E-state index contributed by atoms with van der Waals surface area (Å²) in [6.07, 6.45) is 1.04. The number of hydrogen-bond donors (Lipinski definition) is 1. The van der Waals surface area contributed by atoms with Crippen molar-refractivity contribution in [2.75, 3.05) is 33.7 Å². The highest BCUT2D eigenvalue weighted by Gasteiger charge is 2.28. The van der Waals surface area contributed by atoms with Gasteiger partial charge in [0.1, 0.15) is 0 Å².